The van der Waals surface area contributed by atoms with Crippen molar-refractivity contribution in [1.82, 2.24) is 0 Å². The number of fused-ring (bicyclic) bond motifs is 3. The monoisotopic (exact) mass is 306 g/mol. The van der Waals surface area contributed by atoms with E-state index in [-0.39, 0.29) is 6.17 Å². The molecule has 1 atom stereocenters. The van der Waals surface area contributed by atoms with Crippen LogP contribution < -0.4 is 9.80 Å². The highest BCUT2D eigenvalue weighted by molar-refractivity contribution is 6.02. The summed E-state index contributed by atoms with van der Waals surface area (Å²) in [6.07, 6.45) is 0.230. The molecule has 0 fully saturated rings. The van der Waals surface area contributed by atoms with Crippen LogP contribution in [0, 0.1) is 20.8 Å². The van der Waals surface area contributed by atoms with E-state index in [1.54, 1.807) is 0 Å². The second-order valence-electron chi connectivity index (χ2n) is 6.59. The molecule has 23 heavy (non-hydrogen) atoms. The average molecular weight is 306 g/mol. The van der Waals surface area contributed by atoms with E-state index in [2.05, 4.69) is 68.8 Å². The van der Waals surface area contributed by atoms with Crippen molar-refractivity contribution < 1.29 is 4.42 Å². The molecule has 0 N–H and O–H groups in total. The normalized spacial score (nSPS) is 17.2. The average Bonchev–Trinajstić information content (AvgIpc) is 3.00. The van der Waals surface area contributed by atoms with Gasteiger partial charge in [-0.1, -0.05) is 18.2 Å². The first-order valence-corrected chi connectivity index (χ1v) is 8.10. The van der Waals surface area contributed by atoms with Crippen LogP contribution in [0.1, 0.15) is 23.6 Å². The molecule has 0 aliphatic carbocycles. The number of anilines is 3. The van der Waals surface area contributed by atoms with Gasteiger partial charge in [-0.25, -0.2) is 0 Å². The first-order chi connectivity index (χ1) is 11.0. The second kappa shape index (κ2) is 4.79. The van der Waals surface area contributed by atoms with Gasteiger partial charge in [0.2, 0.25) is 5.88 Å². The minimum Gasteiger partial charge on any atom is -0.438 e. The predicted octanol–water partition coefficient (Wildman–Crippen LogP) is 5.29. The molecule has 0 unspecified atom stereocenters. The Kier molecular flexibility index (Phi) is 2.95. The number of hydrogen-bond donors (Lipinski definition) is 0. The summed E-state index contributed by atoms with van der Waals surface area (Å²) in [5, 5.41) is 1.18. The molecule has 1 aromatic heterocycles. The second-order valence-corrected chi connectivity index (χ2v) is 6.59. The fourth-order valence-electron chi connectivity index (χ4n) is 3.61. The molecular weight excluding hydrogens is 284 g/mol. The molecule has 0 saturated heterocycles. The van der Waals surface area contributed by atoms with Crippen LogP contribution in [-0.4, -0.2) is 13.2 Å². The molecule has 0 bridgehead atoms. The molecule has 2 aromatic carbocycles. The molecule has 118 valence electrons. The molecule has 0 radical (unpaired) electrons. The highest BCUT2D eigenvalue weighted by Gasteiger charge is 2.37. The van der Waals surface area contributed by atoms with Crippen LogP contribution in [0.5, 0.6) is 0 Å². The van der Waals surface area contributed by atoms with E-state index in [1.807, 2.05) is 12.1 Å². The molecule has 0 spiro atoms. The van der Waals surface area contributed by atoms with Crippen molar-refractivity contribution >= 4 is 28.2 Å². The van der Waals surface area contributed by atoms with Gasteiger partial charge in [0, 0.05) is 18.1 Å². The maximum Gasteiger partial charge on any atom is 0.222 e. The fraction of sp³-hybridized carbons (Fsp3) is 0.300. The fourth-order valence-corrected chi connectivity index (χ4v) is 3.61. The molecule has 1 aliphatic heterocycles. The number of aryl methyl sites for hydroxylation is 2. The van der Waals surface area contributed by atoms with E-state index in [0.717, 1.165) is 11.5 Å². The summed E-state index contributed by atoms with van der Waals surface area (Å²) in [6.45, 7) is 8.78. The summed E-state index contributed by atoms with van der Waals surface area (Å²) in [6, 6.07) is 12.8. The first kappa shape index (κ1) is 14.2. The summed E-state index contributed by atoms with van der Waals surface area (Å²) >= 11 is 0. The maximum absolute atomic E-state index is 6.13. The van der Waals surface area contributed by atoms with E-state index in [9.17, 15) is 0 Å². The van der Waals surface area contributed by atoms with Crippen molar-refractivity contribution in [3.05, 3.63) is 53.1 Å². The first-order valence-electron chi connectivity index (χ1n) is 8.10. The quantitative estimate of drug-likeness (QED) is 0.609. The van der Waals surface area contributed by atoms with Crippen molar-refractivity contribution in [3.63, 3.8) is 0 Å². The number of para-hydroxylation sites is 1. The van der Waals surface area contributed by atoms with Crippen molar-refractivity contribution in [1.29, 1.82) is 0 Å². The van der Waals surface area contributed by atoms with Crippen molar-refractivity contribution in [2.24, 2.45) is 0 Å². The molecule has 4 rings (SSSR count). The zero-order valence-electron chi connectivity index (χ0n) is 14.3. The van der Waals surface area contributed by atoms with Gasteiger partial charge in [-0.2, -0.15) is 0 Å². The lowest BCUT2D eigenvalue weighted by atomic mass is 10.0. The largest absolute Gasteiger partial charge is 0.438 e. The van der Waals surface area contributed by atoms with Crippen LogP contribution in [0.4, 0.5) is 17.3 Å². The predicted molar refractivity (Wildman–Crippen MR) is 96.9 cm³/mol. The molecule has 1 aliphatic rings. The minimum absolute atomic E-state index is 0.230. The molecule has 2 heterocycles. The standard InChI is InChI=1S/C20H22N2O/c1-12-10-13(2)14(3)17(11-12)22-15(4)21(5)20-19(22)16-8-6-7-9-18(16)23-20/h6-11,15H,1-5H3/t15-/m0/s1. The van der Waals surface area contributed by atoms with Gasteiger partial charge in [-0.05, 0) is 62.6 Å². The van der Waals surface area contributed by atoms with E-state index >= 15 is 0 Å². The molecular formula is C20H22N2O. The van der Waals surface area contributed by atoms with Gasteiger partial charge in [0.15, 0.2) is 0 Å². The van der Waals surface area contributed by atoms with Crippen molar-refractivity contribution in [2.45, 2.75) is 33.9 Å². The van der Waals surface area contributed by atoms with Gasteiger partial charge in [0.25, 0.3) is 0 Å². The van der Waals surface area contributed by atoms with Crippen molar-refractivity contribution in [2.75, 3.05) is 16.8 Å². The smallest absolute Gasteiger partial charge is 0.222 e. The van der Waals surface area contributed by atoms with Gasteiger partial charge in [0.1, 0.15) is 17.4 Å². The van der Waals surface area contributed by atoms with Gasteiger partial charge in [-0.15, -0.1) is 0 Å². The Balaban J connectivity index is 2.01. The van der Waals surface area contributed by atoms with E-state index in [4.69, 9.17) is 4.42 Å². The van der Waals surface area contributed by atoms with Crippen LogP contribution in [-0.2, 0) is 0 Å². The summed E-state index contributed by atoms with van der Waals surface area (Å²) in [5.74, 6) is 0.956. The van der Waals surface area contributed by atoms with Crippen LogP contribution >= 0.6 is 0 Å². The molecule has 0 saturated carbocycles. The van der Waals surface area contributed by atoms with Crippen LogP contribution in [0.3, 0.4) is 0 Å². The molecule has 3 aromatic rings. The Labute approximate surface area is 137 Å². The Bertz CT molecular complexity index is 909. The lowest BCUT2D eigenvalue weighted by molar-refractivity contribution is 0.589. The molecule has 3 heteroatoms. The van der Waals surface area contributed by atoms with Gasteiger partial charge in [0.05, 0.1) is 0 Å². The van der Waals surface area contributed by atoms with Crippen LogP contribution in [0.2, 0.25) is 0 Å². The van der Waals surface area contributed by atoms with E-state index in [1.165, 1.54) is 33.5 Å². The third-order valence-corrected chi connectivity index (χ3v) is 5.09. The Morgan fingerprint density at radius 1 is 1.04 bits per heavy atom. The third kappa shape index (κ3) is 1.89. The summed E-state index contributed by atoms with van der Waals surface area (Å²) in [5.41, 5.74) is 7.35. The zero-order chi connectivity index (χ0) is 16.3. The maximum atomic E-state index is 6.13. The van der Waals surface area contributed by atoms with Gasteiger partial charge >= 0.3 is 0 Å². The van der Waals surface area contributed by atoms with E-state index in [0.29, 0.717) is 0 Å². The van der Waals surface area contributed by atoms with E-state index < -0.39 is 0 Å². The Morgan fingerprint density at radius 2 is 1.78 bits per heavy atom. The van der Waals surface area contributed by atoms with Crippen molar-refractivity contribution in [3.8, 4) is 0 Å². The van der Waals surface area contributed by atoms with Crippen LogP contribution in [0.25, 0.3) is 11.0 Å². The number of rotatable bonds is 1. The molecule has 0 amide bonds. The van der Waals surface area contributed by atoms with Gasteiger partial charge < -0.3 is 14.2 Å². The number of benzene rings is 2. The SMILES string of the molecule is Cc1cc(C)c(C)c(N2c3c(oc4ccccc34)N(C)[C@@H]2C)c1. The highest BCUT2D eigenvalue weighted by atomic mass is 16.4. The third-order valence-electron chi connectivity index (χ3n) is 5.09. The topological polar surface area (TPSA) is 19.6 Å². The summed E-state index contributed by atoms with van der Waals surface area (Å²) in [4.78, 5) is 4.63. The lowest BCUT2D eigenvalue weighted by Gasteiger charge is -2.30. The number of nitrogens with zero attached hydrogens (tertiary/aromatic N) is 2. The zero-order valence-corrected chi connectivity index (χ0v) is 14.3. The Morgan fingerprint density at radius 3 is 2.57 bits per heavy atom. The highest BCUT2D eigenvalue weighted by Crippen LogP contribution is 2.50. The van der Waals surface area contributed by atoms with Crippen LogP contribution in [0.15, 0.2) is 40.8 Å². The minimum atomic E-state index is 0.230. The summed E-state index contributed by atoms with van der Waals surface area (Å²) in [7, 11) is 2.10. The van der Waals surface area contributed by atoms with Gasteiger partial charge in [-0.3, -0.25) is 0 Å². The number of furan rings is 1. The summed E-state index contributed by atoms with van der Waals surface area (Å²) < 4.78 is 6.13. The number of hydrogen-bond acceptors (Lipinski definition) is 3. The Hall–Kier alpha value is -2.42. The molecule has 3 nitrogen and oxygen atoms in total. The lowest BCUT2D eigenvalue weighted by Crippen LogP contribution is -2.36.